The molecule has 0 atom stereocenters. The maximum Gasteiger partial charge on any atom is 0.416 e. The monoisotopic (exact) mass is 307 g/mol. The van der Waals surface area contributed by atoms with E-state index in [1.54, 1.807) is 13.8 Å². The molecule has 3 nitrogen and oxygen atoms in total. The van der Waals surface area contributed by atoms with Crippen molar-refractivity contribution in [3.05, 3.63) is 29.8 Å². The smallest absolute Gasteiger partial charge is 0.316 e. The van der Waals surface area contributed by atoms with Crippen molar-refractivity contribution in [1.29, 1.82) is 0 Å². The molecule has 1 aliphatic heterocycles. The number of rotatable bonds is 3. The molecule has 7 heteroatoms. The van der Waals surface area contributed by atoms with Gasteiger partial charge in [0.05, 0.1) is 15.2 Å². The largest absolute Gasteiger partial charge is 0.416 e. The van der Waals surface area contributed by atoms with Gasteiger partial charge in [-0.1, -0.05) is 6.07 Å². The summed E-state index contributed by atoms with van der Waals surface area (Å²) in [6.07, 6.45) is -4.55. The van der Waals surface area contributed by atoms with Gasteiger partial charge in [0.1, 0.15) is 0 Å². The van der Waals surface area contributed by atoms with Crippen LogP contribution < -0.4 is 5.32 Å². The zero-order valence-electron chi connectivity index (χ0n) is 11.2. The lowest BCUT2D eigenvalue weighted by atomic mass is 9.90. The molecule has 2 rings (SSSR count). The summed E-state index contributed by atoms with van der Waals surface area (Å²) < 4.78 is 62.1. The number of nitrogens with one attached hydrogen (secondary N) is 1. The molecule has 112 valence electrons. The van der Waals surface area contributed by atoms with Crippen LogP contribution in [0.15, 0.2) is 29.2 Å². The number of hydrogen-bond donors (Lipinski definition) is 1. The van der Waals surface area contributed by atoms with Crippen LogP contribution in [0.5, 0.6) is 0 Å². The van der Waals surface area contributed by atoms with Crippen molar-refractivity contribution in [3.63, 3.8) is 0 Å². The molecule has 0 spiro atoms. The van der Waals surface area contributed by atoms with Gasteiger partial charge in [-0.25, -0.2) is 8.42 Å². The van der Waals surface area contributed by atoms with E-state index >= 15 is 0 Å². The van der Waals surface area contributed by atoms with E-state index in [9.17, 15) is 21.6 Å². The molecule has 1 heterocycles. The highest BCUT2D eigenvalue weighted by molar-refractivity contribution is 7.92. The van der Waals surface area contributed by atoms with Crippen LogP contribution >= 0.6 is 0 Å². The van der Waals surface area contributed by atoms with Gasteiger partial charge in [0.15, 0.2) is 9.84 Å². The Morgan fingerprint density at radius 3 is 2.25 bits per heavy atom. The lowest BCUT2D eigenvalue weighted by molar-refractivity contribution is -0.137. The van der Waals surface area contributed by atoms with Crippen LogP contribution in [0.2, 0.25) is 0 Å². The molecule has 0 unspecified atom stereocenters. The Bertz CT molecular complexity index is 604. The average molecular weight is 307 g/mol. The van der Waals surface area contributed by atoms with Crippen LogP contribution in [0.1, 0.15) is 19.4 Å². The second-order valence-corrected chi connectivity index (χ2v) is 8.02. The Morgan fingerprint density at radius 1 is 1.20 bits per heavy atom. The number of benzene rings is 1. The Kier molecular flexibility index (Phi) is 3.62. The van der Waals surface area contributed by atoms with E-state index in [4.69, 9.17) is 0 Å². The van der Waals surface area contributed by atoms with Crippen molar-refractivity contribution in [2.45, 2.75) is 29.7 Å². The van der Waals surface area contributed by atoms with E-state index in [0.717, 1.165) is 12.1 Å². The second-order valence-electron chi connectivity index (χ2n) is 5.49. The van der Waals surface area contributed by atoms with Gasteiger partial charge in [-0.15, -0.1) is 0 Å². The highest BCUT2D eigenvalue weighted by atomic mass is 32.2. The molecular formula is C13H16F3NO2S. The van der Waals surface area contributed by atoms with E-state index in [-0.39, 0.29) is 10.8 Å². The van der Waals surface area contributed by atoms with Gasteiger partial charge in [0.25, 0.3) is 0 Å². The highest BCUT2D eigenvalue weighted by Gasteiger charge is 2.45. The van der Waals surface area contributed by atoms with Crippen LogP contribution in [0.3, 0.4) is 0 Å². The summed E-state index contributed by atoms with van der Waals surface area (Å²) in [4.78, 5) is -0.274. The zero-order chi connectivity index (χ0) is 15.2. The maximum atomic E-state index is 12.7. The first-order valence-electron chi connectivity index (χ1n) is 6.19. The second kappa shape index (κ2) is 4.73. The van der Waals surface area contributed by atoms with Crippen molar-refractivity contribution in [3.8, 4) is 0 Å². The predicted octanol–water partition coefficient (Wildman–Crippen LogP) is 2.48. The first-order valence-corrected chi connectivity index (χ1v) is 7.68. The van der Waals surface area contributed by atoms with Crippen LogP contribution in [-0.2, 0) is 16.0 Å². The third-order valence-electron chi connectivity index (χ3n) is 3.93. The van der Waals surface area contributed by atoms with Gasteiger partial charge >= 0.3 is 6.18 Å². The zero-order valence-corrected chi connectivity index (χ0v) is 12.0. The Balaban J connectivity index is 2.44. The summed E-state index contributed by atoms with van der Waals surface area (Å²) in [6, 6.07) is 3.93. The van der Waals surface area contributed by atoms with E-state index in [1.807, 2.05) is 0 Å². The maximum absolute atomic E-state index is 12.7. The van der Waals surface area contributed by atoms with Gasteiger partial charge in [0, 0.05) is 19.0 Å². The molecular weight excluding hydrogens is 291 g/mol. The van der Waals surface area contributed by atoms with Crippen LogP contribution in [0, 0.1) is 5.92 Å². The summed E-state index contributed by atoms with van der Waals surface area (Å²) in [5, 5.41) is 2.98. The standard InChI is InChI=1S/C13H16F3NO2S/c1-12(2,10-7-17-8-10)20(18,19)11-5-3-4-9(6-11)13(14,15)16/h3-6,10,17H,7-8H2,1-2H3. The lowest BCUT2D eigenvalue weighted by Gasteiger charge is -2.40. The molecule has 0 bridgehead atoms. The van der Waals surface area contributed by atoms with Gasteiger partial charge < -0.3 is 5.32 Å². The first-order chi connectivity index (χ1) is 9.07. The van der Waals surface area contributed by atoms with Gasteiger partial charge in [0.2, 0.25) is 0 Å². The number of halogens is 3. The summed E-state index contributed by atoms with van der Waals surface area (Å²) in [5.41, 5.74) is -0.943. The predicted molar refractivity (Wildman–Crippen MR) is 69.1 cm³/mol. The van der Waals surface area contributed by atoms with Gasteiger partial charge in [-0.2, -0.15) is 13.2 Å². The molecule has 0 saturated carbocycles. The van der Waals surface area contributed by atoms with Crippen molar-refractivity contribution in [2.75, 3.05) is 13.1 Å². The van der Waals surface area contributed by atoms with Crippen molar-refractivity contribution in [1.82, 2.24) is 5.32 Å². The molecule has 1 N–H and O–H groups in total. The minimum atomic E-state index is -4.55. The fourth-order valence-corrected chi connectivity index (χ4v) is 3.90. The van der Waals surface area contributed by atoms with E-state index < -0.39 is 26.3 Å². The summed E-state index contributed by atoms with van der Waals surface area (Å²) in [6.45, 7) is 4.25. The number of alkyl halides is 3. The number of hydrogen-bond acceptors (Lipinski definition) is 3. The number of sulfone groups is 1. The molecule has 1 fully saturated rings. The van der Waals surface area contributed by atoms with Crippen molar-refractivity contribution in [2.24, 2.45) is 5.92 Å². The summed E-state index contributed by atoms with van der Waals surface area (Å²) in [7, 11) is -3.82. The molecule has 0 amide bonds. The fraction of sp³-hybridized carbons (Fsp3) is 0.538. The lowest BCUT2D eigenvalue weighted by Crippen LogP contribution is -2.56. The summed E-state index contributed by atoms with van der Waals surface area (Å²) in [5.74, 6) is -0.0953. The van der Waals surface area contributed by atoms with Crippen LogP contribution in [0.25, 0.3) is 0 Å². The Hall–Kier alpha value is -1.08. The summed E-state index contributed by atoms with van der Waals surface area (Å²) >= 11 is 0. The molecule has 1 aromatic rings. The van der Waals surface area contributed by atoms with E-state index in [1.165, 1.54) is 6.07 Å². The minimum absolute atomic E-state index is 0.0953. The first kappa shape index (κ1) is 15.3. The molecule has 0 radical (unpaired) electrons. The quantitative estimate of drug-likeness (QED) is 0.933. The Morgan fingerprint density at radius 2 is 1.80 bits per heavy atom. The van der Waals surface area contributed by atoms with Crippen molar-refractivity contribution >= 4 is 9.84 Å². The highest BCUT2D eigenvalue weighted by Crippen LogP contribution is 2.36. The molecule has 20 heavy (non-hydrogen) atoms. The molecule has 0 aliphatic carbocycles. The SMILES string of the molecule is CC(C)(C1CNC1)S(=O)(=O)c1cccc(C(F)(F)F)c1. The minimum Gasteiger partial charge on any atom is -0.316 e. The molecule has 0 aromatic heterocycles. The normalized spacial score (nSPS) is 17.9. The third-order valence-corrected chi connectivity index (χ3v) is 6.52. The topological polar surface area (TPSA) is 46.2 Å². The fourth-order valence-electron chi connectivity index (χ4n) is 2.14. The molecule has 1 saturated heterocycles. The van der Waals surface area contributed by atoms with Gasteiger partial charge in [-0.05, 0) is 32.0 Å². The van der Waals surface area contributed by atoms with Crippen molar-refractivity contribution < 1.29 is 21.6 Å². The van der Waals surface area contributed by atoms with E-state index in [2.05, 4.69) is 5.32 Å². The molecule has 1 aromatic carbocycles. The molecule has 1 aliphatic rings. The van der Waals surface area contributed by atoms with Crippen LogP contribution in [0.4, 0.5) is 13.2 Å². The third kappa shape index (κ3) is 2.44. The average Bonchev–Trinajstić information content (AvgIpc) is 2.24. The Labute approximate surface area is 116 Å². The van der Waals surface area contributed by atoms with E-state index in [0.29, 0.717) is 19.2 Å². The van der Waals surface area contributed by atoms with Gasteiger partial charge in [-0.3, -0.25) is 0 Å². The van der Waals surface area contributed by atoms with Crippen LogP contribution in [-0.4, -0.2) is 26.3 Å².